The number of hydrogen-bond donors (Lipinski definition) is 0. The molecule has 4 nitrogen and oxygen atoms in total. The van der Waals surface area contributed by atoms with Crippen molar-refractivity contribution in [1.29, 1.82) is 0 Å². The number of hydrogen-bond acceptors (Lipinski definition) is 6. The average Bonchev–Trinajstić information content (AvgIpc) is 2.98. The van der Waals surface area contributed by atoms with Crippen LogP contribution in [-0.4, -0.2) is 19.2 Å². The van der Waals surface area contributed by atoms with E-state index in [1.54, 1.807) is 0 Å². The highest BCUT2D eigenvalue weighted by molar-refractivity contribution is 9.11. The molecule has 0 amide bonds. The summed E-state index contributed by atoms with van der Waals surface area (Å²) in [4.78, 5) is 0. The molecule has 0 atom stereocenters. The van der Waals surface area contributed by atoms with Crippen LogP contribution in [-0.2, 0) is 0 Å². The van der Waals surface area contributed by atoms with E-state index in [9.17, 15) is 0 Å². The molecule has 2 aromatic carbocycles. The van der Waals surface area contributed by atoms with E-state index in [4.69, 9.17) is 0 Å². The molecule has 2 heterocycles. The molecule has 0 radical (unpaired) electrons. The summed E-state index contributed by atoms with van der Waals surface area (Å²) in [5.74, 6) is 0. The van der Waals surface area contributed by atoms with Gasteiger partial charge >= 0.3 is 0 Å². The van der Waals surface area contributed by atoms with E-state index in [1.165, 1.54) is 23.1 Å². The smallest absolute Gasteiger partial charge is 0.115 e. The summed E-state index contributed by atoms with van der Waals surface area (Å²) in [6.07, 6.45) is 0. The first-order chi connectivity index (χ1) is 8.75. The van der Waals surface area contributed by atoms with E-state index in [0.29, 0.717) is 0 Å². The van der Waals surface area contributed by atoms with Gasteiger partial charge in [-0.3, -0.25) is 0 Å². The summed E-state index contributed by atoms with van der Waals surface area (Å²) in [5.41, 5.74) is 1.81. The second kappa shape index (κ2) is 3.89. The monoisotopic (exact) mass is 400 g/mol. The van der Waals surface area contributed by atoms with Gasteiger partial charge in [0.1, 0.15) is 11.0 Å². The Balaban J connectivity index is 2.40. The lowest BCUT2D eigenvalue weighted by atomic mass is 10.1. The van der Waals surface area contributed by atoms with Crippen molar-refractivity contribution in [2.75, 3.05) is 0 Å². The molecule has 0 N–H and O–H groups in total. The molecule has 4 rings (SSSR count). The second-order valence-corrected chi connectivity index (χ2v) is 6.93. The third-order valence-corrected chi connectivity index (χ3v) is 6.05. The fourth-order valence-electron chi connectivity index (χ4n) is 1.98. The first-order valence-corrected chi connectivity index (χ1v) is 8.04. The van der Waals surface area contributed by atoms with Gasteiger partial charge < -0.3 is 0 Å². The highest BCUT2D eigenvalue weighted by Crippen LogP contribution is 2.39. The average molecular weight is 402 g/mol. The van der Waals surface area contributed by atoms with Crippen molar-refractivity contribution >= 4 is 86.1 Å². The molecule has 18 heavy (non-hydrogen) atoms. The number of rotatable bonds is 0. The van der Waals surface area contributed by atoms with Crippen LogP contribution in [0.2, 0.25) is 0 Å². The standard InChI is InChI=1S/C10H2Br2N4S2/c11-5-1-3-4(8-9(5)17-16-14-8)2-6(12)10-7(3)13-15-18-10/h1-2H. The van der Waals surface area contributed by atoms with Crippen LogP contribution in [0.15, 0.2) is 21.1 Å². The summed E-state index contributed by atoms with van der Waals surface area (Å²) < 4.78 is 12.1. The van der Waals surface area contributed by atoms with Crippen molar-refractivity contribution in [2.24, 2.45) is 0 Å². The zero-order chi connectivity index (χ0) is 12.3. The normalized spacial score (nSPS) is 11.9. The van der Waals surface area contributed by atoms with E-state index in [-0.39, 0.29) is 0 Å². The van der Waals surface area contributed by atoms with Crippen molar-refractivity contribution < 1.29 is 0 Å². The Morgan fingerprint density at radius 2 is 1.22 bits per heavy atom. The fraction of sp³-hybridized carbons (Fsp3) is 0. The molecule has 0 spiro atoms. The van der Waals surface area contributed by atoms with Crippen LogP contribution < -0.4 is 0 Å². The van der Waals surface area contributed by atoms with Gasteiger partial charge in [-0.05, 0) is 67.1 Å². The maximum absolute atomic E-state index is 4.21. The van der Waals surface area contributed by atoms with Crippen LogP contribution in [0.4, 0.5) is 0 Å². The highest BCUT2D eigenvalue weighted by atomic mass is 79.9. The third-order valence-electron chi connectivity index (χ3n) is 2.75. The van der Waals surface area contributed by atoms with Crippen molar-refractivity contribution in [3.63, 3.8) is 0 Å². The predicted octanol–water partition coefficient (Wildman–Crippen LogP) is 4.37. The minimum Gasteiger partial charge on any atom is -0.137 e. The highest BCUT2D eigenvalue weighted by Gasteiger charge is 2.15. The largest absolute Gasteiger partial charge is 0.137 e. The molecule has 0 unspecified atom stereocenters. The Hall–Kier alpha value is -0.700. The number of nitrogens with zero attached hydrogens (tertiary/aromatic N) is 4. The van der Waals surface area contributed by atoms with Gasteiger partial charge in [0.05, 0.1) is 9.40 Å². The Morgan fingerprint density at radius 1 is 0.778 bits per heavy atom. The zero-order valence-electron chi connectivity index (χ0n) is 8.52. The molecule has 4 aromatic rings. The Bertz CT molecular complexity index is 839. The van der Waals surface area contributed by atoms with Crippen LogP contribution in [0.1, 0.15) is 0 Å². The topological polar surface area (TPSA) is 51.6 Å². The molecule has 0 saturated carbocycles. The molecular weight excluding hydrogens is 400 g/mol. The molecule has 0 saturated heterocycles. The number of benzene rings is 2. The van der Waals surface area contributed by atoms with Gasteiger partial charge in [0, 0.05) is 19.7 Å². The van der Waals surface area contributed by atoms with E-state index in [2.05, 4.69) is 63.2 Å². The summed E-state index contributed by atoms with van der Waals surface area (Å²) >= 11 is 9.90. The fourth-order valence-corrected chi connectivity index (χ4v) is 4.42. The molecule has 2 aromatic heterocycles. The quantitative estimate of drug-likeness (QED) is 0.438. The molecule has 0 aliphatic rings. The van der Waals surface area contributed by atoms with E-state index < -0.39 is 0 Å². The SMILES string of the molecule is Brc1cc2c(cc(Br)c3snnc32)c2nnsc12. The Morgan fingerprint density at radius 3 is 1.67 bits per heavy atom. The maximum atomic E-state index is 4.21. The lowest BCUT2D eigenvalue weighted by molar-refractivity contribution is 1.20. The predicted molar refractivity (Wildman–Crippen MR) is 81.3 cm³/mol. The Kier molecular flexibility index (Phi) is 2.41. The minimum absolute atomic E-state index is 0.903. The summed E-state index contributed by atoms with van der Waals surface area (Å²) in [5, 5.41) is 10.5. The maximum Gasteiger partial charge on any atom is 0.115 e. The minimum atomic E-state index is 0.903. The van der Waals surface area contributed by atoms with Crippen LogP contribution in [0, 0.1) is 0 Å². The number of aromatic nitrogens is 4. The van der Waals surface area contributed by atoms with Gasteiger partial charge in [-0.15, -0.1) is 10.2 Å². The molecule has 8 heteroatoms. The van der Waals surface area contributed by atoms with Gasteiger partial charge in [0.25, 0.3) is 0 Å². The van der Waals surface area contributed by atoms with Crippen molar-refractivity contribution in [1.82, 2.24) is 19.2 Å². The van der Waals surface area contributed by atoms with Crippen LogP contribution >= 0.6 is 54.9 Å². The second-order valence-electron chi connectivity index (χ2n) is 3.71. The summed E-state index contributed by atoms with van der Waals surface area (Å²) in [6.45, 7) is 0. The van der Waals surface area contributed by atoms with Crippen LogP contribution in [0.5, 0.6) is 0 Å². The zero-order valence-corrected chi connectivity index (χ0v) is 13.3. The third kappa shape index (κ3) is 1.40. The van der Waals surface area contributed by atoms with E-state index in [0.717, 1.165) is 40.2 Å². The number of fused-ring (bicyclic) bond motifs is 5. The van der Waals surface area contributed by atoms with Crippen LogP contribution in [0.25, 0.3) is 31.2 Å². The Labute approximate surface area is 126 Å². The first-order valence-electron chi connectivity index (χ1n) is 4.90. The van der Waals surface area contributed by atoms with Crippen molar-refractivity contribution in [3.8, 4) is 0 Å². The first kappa shape index (κ1) is 11.2. The van der Waals surface area contributed by atoms with Gasteiger partial charge in [-0.25, -0.2) is 0 Å². The lowest BCUT2D eigenvalue weighted by Crippen LogP contribution is -1.81. The van der Waals surface area contributed by atoms with E-state index in [1.807, 2.05) is 0 Å². The van der Waals surface area contributed by atoms with Crippen LogP contribution in [0.3, 0.4) is 0 Å². The molecule has 0 bridgehead atoms. The van der Waals surface area contributed by atoms with Crippen molar-refractivity contribution in [2.45, 2.75) is 0 Å². The summed E-state index contributed by atoms with van der Waals surface area (Å²) in [6, 6.07) is 4.13. The molecule has 0 aliphatic carbocycles. The summed E-state index contributed by atoms with van der Waals surface area (Å²) in [7, 11) is 0. The number of halogens is 2. The lowest BCUT2D eigenvalue weighted by Gasteiger charge is -2.02. The molecular formula is C10H2Br2N4S2. The van der Waals surface area contributed by atoms with Gasteiger partial charge in [0.15, 0.2) is 0 Å². The van der Waals surface area contributed by atoms with Gasteiger partial charge in [-0.1, -0.05) is 8.98 Å². The molecule has 0 fully saturated rings. The van der Waals surface area contributed by atoms with E-state index >= 15 is 0 Å². The van der Waals surface area contributed by atoms with Crippen molar-refractivity contribution in [3.05, 3.63) is 21.1 Å². The molecule has 88 valence electrons. The van der Waals surface area contributed by atoms with Gasteiger partial charge in [0.2, 0.25) is 0 Å². The molecule has 0 aliphatic heterocycles. The van der Waals surface area contributed by atoms with Gasteiger partial charge in [-0.2, -0.15) is 0 Å².